The Morgan fingerprint density at radius 3 is 1.29 bits per heavy atom. The fourth-order valence-electron chi connectivity index (χ4n) is 11.0. The highest BCUT2D eigenvalue weighted by atomic mass is 28.3. The average Bonchev–Trinajstić information content (AvgIpc) is 3.77. The first kappa shape index (κ1) is 33.9. The van der Waals surface area contributed by atoms with Gasteiger partial charge in [-0.25, -0.2) is 0 Å². The topological polar surface area (TPSA) is 9.86 Å². The Morgan fingerprint density at radius 1 is 0.345 bits per heavy atom. The highest BCUT2D eigenvalue weighted by molar-refractivity contribution is 7.04. The van der Waals surface area contributed by atoms with Crippen LogP contribution in [0.1, 0.15) is 0 Å². The molecule has 278 valence electrons. The van der Waals surface area contributed by atoms with Crippen LogP contribution in [-0.2, 0) is 0 Å². The van der Waals surface area contributed by atoms with Crippen LogP contribution in [0.3, 0.4) is 0 Å². The van der Waals surface area contributed by atoms with Crippen molar-refractivity contribution in [3.05, 3.63) is 170 Å². The van der Waals surface area contributed by atoms with E-state index in [0.29, 0.717) is 0 Å². The molecule has 0 spiro atoms. The molecule has 0 saturated carbocycles. The van der Waals surface area contributed by atoms with Gasteiger partial charge >= 0.3 is 0 Å². The quantitative estimate of drug-likeness (QED) is 0.155. The fraction of sp³-hybridized carbons (Fsp3) is 0.111. The minimum absolute atomic E-state index is 1.19. The van der Waals surface area contributed by atoms with Crippen molar-refractivity contribution < 1.29 is 0 Å². The summed E-state index contributed by atoms with van der Waals surface area (Å²) in [5, 5.41) is 8.53. The average molecular weight is 777 g/mol. The molecule has 2 aromatic heterocycles. The number of nitrogens with zero attached hydrogens (tertiary/aromatic N) is 2. The molecular weight excluding hydrogens is 733 g/mol. The van der Waals surface area contributed by atoms with Gasteiger partial charge in [-0.3, -0.25) is 0 Å². The van der Waals surface area contributed by atoms with Crippen molar-refractivity contribution in [1.82, 2.24) is 9.13 Å². The summed E-state index contributed by atoms with van der Waals surface area (Å²) < 4.78 is 5.13. The molecule has 0 atom stereocenters. The zero-order chi connectivity index (χ0) is 38.9. The van der Waals surface area contributed by atoms with Gasteiger partial charge in [0.05, 0.1) is 38.2 Å². The first-order chi connectivity index (χ1) is 28.3. The van der Waals surface area contributed by atoms with Gasteiger partial charge < -0.3 is 9.13 Å². The lowest BCUT2D eigenvalue weighted by Crippen LogP contribution is -2.65. The molecule has 2 nitrogen and oxygen atoms in total. The summed E-state index contributed by atoms with van der Waals surface area (Å²) in [4.78, 5) is 0. The van der Waals surface area contributed by atoms with Gasteiger partial charge in [-0.15, -0.1) is 0 Å². The van der Waals surface area contributed by atoms with E-state index in [9.17, 15) is 0 Å². The summed E-state index contributed by atoms with van der Waals surface area (Å²) in [5.41, 5.74) is 18.4. The number of hydrogen-bond acceptors (Lipinski definition) is 0. The number of hydrogen-bond donors (Lipinski definition) is 0. The second-order valence-corrected chi connectivity index (χ2v) is 27.4. The van der Waals surface area contributed by atoms with Gasteiger partial charge in [0.2, 0.25) is 0 Å². The Hall–Kier alpha value is -6.21. The van der Waals surface area contributed by atoms with Gasteiger partial charge in [0, 0.05) is 32.9 Å². The van der Waals surface area contributed by atoms with Crippen LogP contribution in [0.5, 0.6) is 0 Å². The molecule has 0 radical (unpaired) electrons. The number of rotatable bonds is 2. The van der Waals surface area contributed by atoms with Crippen molar-refractivity contribution in [2.45, 2.75) is 38.3 Å². The molecular formula is C54H44N2Si2. The fourth-order valence-corrected chi connectivity index (χ4v) is 21.9. The molecule has 0 saturated heterocycles. The molecule has 4 heteroatoms. The highest BCUT2D eigenvalue weighted by Crippen LogP contribution is 2.49. The second-order valence-electron chi connectivity index (χ2n) is 17.9. The lowest BCUT2D eigenvalue weighted by atomic mass is 9.80. The Balaban J connectivity index is 1.23. The van der Waals surface area contributed by atoms with Crippen LogP contribution in [0.15, 0.2) is 170 Å². The SMILES string of the molecule is C[Si]1(C)CC[Si](C)(C)c2c3c(cc(-n4c5ccccc5c5cc(-n6c7ccccc7c7ccccc76)ccc54)c21)-c1ccccc1-c1ccccc1-c1ccccc1-3. The third-order valence-corrected chi connectivity index (χ3v) is 21.2. The van der Waals surface area contributed by atoms with E-state index in [0.717, 1.165) is 0 Å². The van der Waals surface area contributed by atoms with Crippen LogP contribution in [0.4, 0.5) is 0 Å². The smallest absolute Gasteiger partial charge is 0.0830 e. The number of aromatic nitrogens is 2. The summed E-state index contributed by atoms with van der Waals surface area (Å²) in [5.74, 6) is 0. The van der Waals surface area contributed by atoms with Gasteiger partial charge in [0.1, 0.15) is 0 Å². The van der Waals surface area contributed by atoms with E-state index in [2.05, 4.69) is 205 Å². The van der Waals surface area contributed by atoms with Gasteiger partial charge in [-0.05, 0) is 92.2 Å². The van der Waals surface area contributed by atoms with Crippen LogP contribution >= 0.6 is 0 Å². The zero-order valence-corrected chi connectivity index (χ0v) is 35.5. The maximum atomic E-state index is 2.67. The van der Waals surface area contributed by atoms with Gasteiger partial charge in [-0.1, -0.05) is 171 Å². The molecule has 0 unspecified atom stereocenters. The summed E-state index contributed by atoms with van der Waals surface area (Å²) in [7, 11) is -3.91. The number of benzene rings is 8. The minimum Gasteiger partial charge on any atom is -0.309 e. The van der Waals surface area contributed by atoms with Crippen molar-refractivity contribution in [2.75, 3.05) is 0 Å². The van der Waals surface area contributed by atoms with Crippen molar-refractivity contribution in [1.29, 1.82) is 0 Å². The van der Waals surface area contributed by atoms with Crippen LogP contribution < -0.4 is 10.4 Å². The first-order valence-corrected chi connectivity index (χ1v) is 27.2. The third-order valence-electron chi connectivity index (χ3n) is 13.7. The largest absolute Gasteiger partial charge is 0.309 e. The van der Waals surface area contributed by atoms with Crippen molar-refractivity contribution in [3.8, 4) is 55.9 Å². The molecule has 0 fully saturated rings. The van der Waals surface area contributed by atoms with Crippen molar-refractivity contribution in [2.24, 2.45) is 0 Å². The standard InChI is InChI=1S/C54H44N2Si2/c1-57(2)31-32-58(3,4)54-52-44-25-10-9-20-39(44)37-18-6-5-17-36(37)38-19-7-8-21-40(38)46(52)34-51(53(54)57)56-49-28-16-13-24-43(49)45-33-35(29-30-50(45)56)55-47-26-14-11-22-41(47)42-23-12-15-27-48(42)55/h5-30,33-34H,31-32H2,1-4H3. The predicted molar refractivity (Wildman–Crippen MR) is 254 cm³/mol. The molecule has 12 rings (SSSR count). The van der Waals surface area contributed by atoms with E-state index in [4.69, 9.17) is 0 Å². The van der Waals surface area contributed by atoms with Crippen LogP contribution in [0.25, 0.3) is 99.5 Å². The van der Waals surface area contributed by atoms with E-state index in [1.807, 2.05) is 0 Å². The van der Waals surface area contributed by atoms with E-state index in [1.54, 1.807) is 10.4 Å². The predicted octanol–water partition coefficient (Wildman–Crippen LogP) is 13.7. The number of fused-ring (bicyclic) bond motifs is 16. The van der Waals surface area contributed by atoms with Crippen molar-refractivity contribution >= 4 is 70.1 Å². The normalized spacial score (nSPS) is 15.0. The van der Waals surface area contributed by atoms with Crippen LogP contribution in [0, 0.1) is 0 Å². The summed E-state index contributed by atoms with van der Waals surface area (Å²) in [6.45, 7) is 10.6. The van der Waals surface area contributed by atoms with Crippen LogP contribution in [0.2, 0.25) is 38.3 Å². The van der Waals surface area contributed by atoms with Gasteiger partial charge in [-0.2, -0.15) is 0 Å². The zero-order valence-electron chi connectivity index (χ0n) is 33.5. The second kappa shape index (κ2) is 12.2. The highest BCUT2D eigenvalue weighted by Gasteiger charge is 2.45. The van der Waals surface area contributed by atoms with Crippen molar-refractivity contribution in [3.63, 3.8) is 0 Å². The molecule has 2 aliphatic rings. The molecule has 1 aliphatic heterocycles. The molecule has 0 bridgehead atoms. The number of para-hydroxylation sites is 3. The lowest BCUT2D eigenvalue weighted by Gasteiger charge is -2.44. The van der Waals surface area contributed by atoms with E-state index >= 15 is 0 Å². The lowest BCUT2D eigenvalue weighted by molar-refractivity contribution is 1.17. The maximum Gasteiger partial charge on any atom is 0.0830 e. The minimum atomic E-state index is -1.96. The Bertz CT molecular complexity index is 3310. The van der Waals surface area contributed by atoms with Crippen LogP contribution in [-0.4, -0.2) is 25.3 Å². The van der Waals surface area contributed by atoms with E-state index in [-0.39, 0.29) is 0 Å². The third kappa shape index (κ3) is 4.64. The van der Waals surface area contributed by atoms with Gasteiger partial charge in [0.25, 0.3) is 0 Å². The maximum absolute atomic E-state index is 2.67. The Morgan fingerprint density at radius 2 is 0.741 bits per heavy atom. The first-order valence-electron chi connectivity index (χ1n) is 20.8. The van der Waals surface area contributed by atoms with E-state index < -0.39 is 16.1 Å². The van der Waals surface area contributed by atoms with Gasteiger partial charge in [0.15, 0.2) is 0 Å². The summed E-state index contributed by atoms with van der Waals surface area (Å²) in [6, 6.07) is 66.9. The monoisotopic (exact) mass is 776 g/mol. The molecule has 3 heterocycles. The molecule has 1 aliphatic carbocycles. The molecule has 0 amide bonds. The Labute approximate surface area is 341 Å². The molecule has 8 aromatic carbocycles. The summed E-state index contributed by atoms with van der Waals surface area (Å²) in [6.07, 6.45) is 0. The van der Waals surface area contributed by atoms with E-state index in [1.165, 1.54) is 112 Å². The summed E-state index contributed by atoms with van der Waals surface area (Å²) >= 11 is 0. The molecule has 58 heavy (non-hydrogen) atoms. The molecule has 10 aromatic rings. The Kier molecular flexibility index (Phi) is 7.10. The molecule has 0 N–H and O–H groups in total.